The number of phenolic OH excluding ortho intramolecular Hbond substituents is 1. The van der Waals surface area contributed by atoms with Crippen LogP contribution in [0.25, 0.3) is 0 Å². The van der Waals surface area contributed by atoms with Crippen LogP contribution in [0.1, 0.15) is 16.8 Å². The van der Waals surface area contributed by atoms with Crippen LogP contribution in [0.3, 0.4) is 0 Å². The third kappa shape index (κ3) is 2.30. The topological polar surface area (TPSA) is 63.3 Å². The fraction of sp³-hybridized carbons (Fsp3) is 0.222. The van der Waals surface area contributed by atoms with Crippen LogP contribution >= 0.6 is 15.9 Å². The fourth-order valence-electron chi connectivity index (χ4n) is 1.00. The second-order valence-corrected chi connectivity index (χ2v) is 3.60. The molecule has 0 saturated carbocycles. The highest BCUT2D eigenvalue weighted by Crippen LogP contribution is 2.28. The van der Waals surface area contributed by atoms with E-state index in [2.05, 4.69) is 15.9 Å². The Labute approximate surface area is 88.9 Å². The zero-order chi connectivity index (χ0) is 10.7. The molecular formula is C9H9BrFNO2. The Bertz CT molecular complexity index is 345. The summed E-state index contributed by atoms with van der Waals surface area (Å²) < 4.78 is 13.1. The predicted octanol–water partition coefficient (Wildman–Crippen LogP) is 1.83. The van der Waals surface area contributed by atoms with Crippen LogP contribution in [-0.4, -0.2) is 17.4 Å². The van der Waals surface area contributed by atoms with Gasteiger partial charge in [-0.2, -0.15) is 0 Å². The molecule has 0 unspecified atom stereocenters. The van der Waals surface area contributed by atoms with Gasteiger partial charge < -0.3 is 10.8 Å². The number of halogens is 2. The molecule has 3 N–H and O–H groups in total. The maximum absolute atomic E-state index is 13.0. The van der Waals surface area contributed by atoms with Gasteiger partial charge in [0.15, 0.2) is 17.3 Å². The molecule has 14 heavy (non-hydrogen) atoms. The fourth-order valence-corrected chi connectivity index (χ4v) is 1.44. The highest BCUT2D eigenvalue weighted by Gasteiger charge is 2.12. The van der Waals surface area contributed by atoms with Crippen LogP contribution in [-0.2, 0) is 0 Å². The van der Waals surface area contributed by atoms with E-state index in [0.717, 1.165) is 6.07 Å². The van der Waals surface area contributed by atoms with Gasteiger partial charge in [-0.3, -0.25) is 4.79 Å². The zero-order valence-electron chi connectivity index (χ0n) is 7.26. The van der Waals surface area contributed by atoms with Gasteiger partial charge in [-0.25, -0.2) is 4.39 Å². The Hall–Kier alpha value is -0.940. The van der Waals surface area contributed by atoms with Crippen molar-refractivity contribution in [3.63, 3.8) is 0 Å². The third-order valence-corrected chi connectivity index (χ3v) is 2.31. The third-order valence-electron chi connectivity index (χ3n) is 1.71. The number of nitrogens with two attached hydrogens (primary N) is 1. The first-order valence-corrected chi connectivity index (χ1v) is 4.77. The predicted molar refractivity (Wildman–Crippen MR) is 53.8 cm³/mol. The molecule has 76 valence electrons. The van der Waals surface area contributed by atoms with Crippen LogP contribution < -0.4 is 5.73 Å². The maximum Gasteiger partial charge on any atom is 0.166 e. The summed E-state index contributed by atoms with van der Waals surface area (Å²) in [4.78, 5) is 11.3. The molecule has 1 rings (SSSR count). The van der Waals surface area contributed by atoms with Crippen LogP contribution in [0, 0.1) is 5.82 Å². The first kappa shape index (κ1) is 11.1. The van der Waals surface area contributed by atoms with E-state index < -0.39 is 11.6 Å². The van der Waals surface area contributed by atoms with Gasteiger partial charge in [0.2, 0.25) is 0 Å². The minimum Gasteiger partial charge on any atom is -0.504 e. The molecule has 0 radical (unpaired) electrons. The number of aromatic hydroxyl groups is 1. The van der Waals surface area contributed by atoms with Crippen molar-refractivity contribution in [2.75, 3.05) is 6.54 Å². The normalized spacial score (nSPS) is 10.2. The highest BCUT2D eigenvalue weighted by molar-refractivity contribution is 9.10. The minimum absolute atomic E-state index is 0.163. The van der Waals surface area contributed by atoms with Crippen molar-refractivity contribution in [3.8, 4) is 5.75 Å². The van der Waals surface area contributed by atoms with E-state index in [0.29, 0.717) is 0 Å². The molecule has 0 amide bonds. The summed E-state index contributed by atoms with van der Waals surface area (Å²) in [6.07, 6.45) is 0.163. The molecule has 0 saturated heterocycles. The number of hydrogen-bond donors (Lipinski definition) is 2. The van der Waals surface area contributed by atoms with Crippen LogP contribution in [0.4, 0.5) is 4.39 Å². The van der Waals surface area contributed by atoms with Gasteiger partial charge in [0.05, 0.1) is 4.47 Å². The largest absolute Gasteiger partial charge is 0.504 e. The smallest absolute Gasteiger partial charge is 0.166 e. The summed E-state index contributed by atoms with van der Waals surface area (Å²) in [5.74, 6) is -1.55. The first-order chi connectivity index (χ1) is 6.56. The van der Waals surface area contributed by atoms with Crippen molar-refractivity contribution in [2.24, 2.45) is 5.73 Å². The summed E-state index contributed by atoms with van der Waals surface area (Å²) in [5.41, 5.74) is 5.40. The Balaban J connectivity index is 3.06. The summed E-state index contributed by atoms with van der Waals surface area (Å²) in [5, 5.41) is 9.08. The standard InChI is InChI=1S/C9H9BrFNO2/c10-6-3-5(8(13)1-2-12)4-7(11)9(6)14/h3-4,14H,1-2,12H2. The number of carbonyl (C=O) groups excluding carboxylic acids is 1. The molecule has 0 atom stereocenters. The minimum atomic E-state index is -0.820. The van der Waals surface area contributed by atoms with E-state index >= 15 is 0 Å². The monoisotopic (exact) mass is 261 g/mol. The van der Waals surface area contributed by atoms with Crippen molar-refractivity contribution in [3.05, 3.63) is 28.0 Å². The Morgan fingerprint density at radius 1 is 1.57 bits per heavy atom. The van der Waals surface area contributed by atoms with Gasteiger partial charge in [0.25, 0.3) is 0 Å². The second-order valence-electron chi connectivity index (χ2n) is 2.75. The quantitative estimate of drug-likeness (QED) is 0.817. The van der Waals surface area contributed by atoms with Crippen molar-refractivity contribution >= 4 is 21.7 Å². The Morgan fingerprint density at radius 3 is 2.71 bits per heavy atom. The number of rotatable bonds is 3. The van der Waals surface area contributed by atoms with E-state index in [1.807, 2.05) is 0 Å². The molecule has 0 heterocycles. The van der Waals surface area contributed by atoms with E-state index in [9.17, 15) is 9.18 Å². The average molecular weight is 262 g/mol. The molecule has 0 fully saturated rings. The Kier molecular flexibility index (Phi) is 3.60. The molecule has 0 aliphatic carbocycles. The molecule has 0 aliphatic heterocycles. The van der Waals surface area contributed by atoms with Crippen LogP contribution in [0.2, 0.25) is 0 Å². The SMILES string of the molecule is NCCC(=O)c1cc(F)c(O)c(Br)c1. The summed E-state index contributed by atoms with van der Waals surface area (Å²) >= 11 is 2.94. The van der Waals surface area contributed by atoms with Crippen molar-refractivity contribution in [1.82, 2.24) is 0 Å². The number of phenols is 1. The van der Waals surface area contributed by atoms with E-state index in [4.69, 9.17) is 10.8 Å². The Morgan fingerprint density at radius 2 is 2.21 bits per heavy atom. The van der Waals surface area contributed by atoms with Crippen molar-refractivity contribution < 1.29 is 14.3 Å². The molecular weight excluding hydrogens is 253 g/mol. The number of Topliss-reactive ketones (excluding diaryl/α,β-unsaturated/α-hetero) is 1. The lowest BCUT2D eigenvalue weighted by atomic mass is 10.1. The van der Waals surface area contributed by atoms with Crippen LogP contribution in [0.15, 0.2) is 16.6 Å². The van der Waals surface area contributed by atoms with Gasteiger partial charge in [0.1, 0.15) is 0 Å². The van der Waals surface area contributed by atoms with Crippen LogP contribution in [0.5, 0.6) is 5.75 Å². The van der Waals surface area contributed by atoms with Gasteiger partial charge in [-0.15, -0.1) is 0 Å². The van der Waals surface area contributed by atoms with Crippen molar-refractivity contribution in [1.29, 1.82) is 0 Å². The number of ketones is 1. The molecule has 0 bridgehead atoms. The van der Waals surface area contributed by atoms with E-state index in [-0.39, 0.29) is 28.8 Å². The van der Waals surface area contributed by atoms with E-state index in [1.165, 1.54) is 6.07 Å². The van der Waals surface area contributed by atoms with Gasteiger partial charge in [-0.1, -0.05) is 0 Å². The summed E-state index contributed by atoms with van der Waals surface area (Å²) in [6.45, 7) is 0.221. The van der Waals surface area contributed by atoms with E-state index in [1.54, 1.807) is 0 Å². The number of benzene rings is 1. The van der Waals surface area contributed by atoms with Gasteiger partial charge in [0, 0.05) is 12.0 Å². The average Bonchev–Trinajstić information content (AvgIpc) is 2.13. The molecule has 1 aromatic rings. The zero-order valence-corrected chi connectivity index (χ0v) is 8.84. The molecule has 0 spiro atoms. The summed E-state index contributed by atoms with van der Waals surface area (Å²) in [7, 11) is 0. The van der Waals surface area contributed by atoms with Gasteiger partial charge in [-0.05, 0) is 34.6 Å². The lowest BCUT2D eigenvalue weighted by Crippen LogP contribution is -2.08. The lowest BCUT2D eigenvalue weighted by molar-refractivity contribution is 0.0985. The number of carbonyl (C=O) groups is 1. The molecule has 0 aliphatic rings. The van der Waals surface area contributed by atoms with Crippen molar-refractivity contribution in [2.45, 2.75) is 6.42 Å². The summed E-state index contributed by atoms with van der Waals surface area (Å²) in [6, 6.07) is 2.37. The lowest BCUT2D eigenvalue weighted by Gasteiger charge is -2.03. The molecule has 0 aromatic heterocycles. The first-order valence-electron chi connectivity index (χ1n) is 3.97. The number of hydrogen-bond acceptors (Lipinski definition) is 3. The maximum atomic E-state index is 13.0. The molecule has 3 nitrogen and oxygen atoms in total. The highest BCUT2D eigenvalue weighted by atomic mass is 79.9. The van der Waals surface area contributed by atoms with Gasteiger partial charge >= 0.3 is 0 Å². The second kappa shape index (κ2) is 4.52. The molecule has 1 aromatic carbocycles. The molecule has 5 heteroatoms.